The zero-order valence-electron chi connectivity index (χ0n) is 16.2. The van der Waals surface area contributed by atoms with Crippen molar-refractivity contribution in [2.75, 3.05) is 6.61 Å². The van der Waals surface area contributed by atoms with Gasteiger partial charge in [-0.25, -0.2) is 4.79 Å². The predicted molar refractivity (Wildman–Crippen MR) is 100 cm³/mol. The lowest BCUT2D eigenvalue weighted by Crippen LogP contribution is -2.52. The molecule has 0 aromatic carbocycles. The minimum absolute atomic E-state index is 0.0691. The van der Waals surface area contributed by atoms with E-state index < -0.39 is 0 Å². The molecule has 142 valence electrons. The molecule has 1 heterocycles. The fourth-order valence-corrected chi connectivity index (χ4v) is 7.72. The Hall–Kier alpha value is -1.09. The molecule has 0 spiro atoms. The molecule has 0 aromatic rings. The van der Waals surface area contributed by atoms with Gasteiger partial charge in [0, 0.05) is 6.08 Å². The van der Waals surface area contributed by atoms with Crippen LogP contribution < -0.4 is 0 Å². The highest BCUT2D eigenvalue weighted by Crippen LogP contribution is 2.66. The third-order valence-electron chi connectivity index (χ3n) is 9.17. The molecule has 1 aliphatic heterocycles. The van der Waals surface area contributed by atoms with E-state index >= 15 is 0 Å². The van der Waals surface area contributed by atoms with Gasteiger partial charge in [-0.1, -0.05) is 25.5 Å². The van der Waals surface area contributed by atoms with Crippen LogP contribution in [0.4, 0.5) is 0 Å². The van der Waals surface area contributed by atoms with Gasteiger partial charge in [0.15, 0.2) is 0 Å². The number of aliphatic hydroxyl groups excluding tert-OH is 1. The van der Waals surface area contributed by atoms with Crippen LogP contribution in [0.2, 0.25) is 0 Å². The van der Waals surface area contributed by atoms with E-state index in [-0.39, 0.29) is 17.5 Å². The van der Waals surface area contributed by atoms with Crippen LogP contribution in [0, 0.1) is 34.5 Å². The molecule has 3 saturated carbocycles. The summed E-state index contributed by atoms with van der Waals surface area (Å²) in [5, 5.41) is 10.2. The third kappa shape index (κ3) is 2.25. The summed E-state index contributed by atoms with van der Waals surface area (Å²) >= 11 is 0. The Morgan fingerprint density at radius 2 is 2.00 bits per heavy atom. The van der Waals surface area contributed by atoms with Crippen molar-refractivity contribution in [3.05, 3.63) is 23.3 Å². The molecule has 7 atom stereocenters. The molecule has 0 amide bonds. The molecule has 0 saturated heterocycles. The number of allylic oxidation sites excluding steroid dienone is 2. The fourth-order valence-electron chi connectivity index (χ4n) is 7.72. The molecule has 0 aromatic heterocycles. The Bertz CT molecular complexity index is 692. The molecule has 0 unspecified atom stereocenters. The molecule has 1 N–H and O–H groups in total. The maximum absolute atomic E-state index is 11.6. The van der Waals surface area contributed by atoms with Gasteiger partial charge in [0.1, 0.15) is 6.61 Å². The molecule has 5 rings (SSSR count). The smallest absolute Gasteiger partial charge is 0.331 e. The van der Waals surface area contributed by atoms with Crippen LogP contribution in [0.15, 0.2) is 23.3 Å². The molecule has 26 heavy (non-hydrogen) atoms. The fraction of sp³-hybridized carbons (Fsp3) is 0.783. The first-order valence-electron chi connectivity index (χ1n) is 10.7. The van der Waals surface area contributed by atoms with Gasteiger partial charge in [-0.15, -0.1) is 0 Å². The molecular weight excluding hydrogens is 324 g/mol. The quantitative estimate of drug-likeness (QED) is 0.559. The lowest BCUT2D eigenvalue weighted by Gasteiger charge is -2.59. The van der Waals surface area contributed by atoms with E-state index in [4.69, 9.17) is 4.74 Å². The van der Waals surface area contributed by atoms with Gasteiger partial charge in [-0.2, -0.15) is 0 Å². The summed E-state index contributed by atoms with van der Waals surface area (Å²) in [4.78, 5) is 11.6. The number of ether oxygens (including phenoxy) is 1. The summed E-state index contributed by atoms with van der Waals surface area (Å²) in [7, 11) is 0. The first-order valence-corrected chi connectivity index (χ1v) is 10.7. The number of hydrogen-bond acceptors (Lipinski definition) is 3. The van der Waals surface area contributed by atoms with E-state index in [0.29, 0.717) is 29.8 Å². The molecule has 0 radical (unpaired) electrons. The summed E-state index contributed by atoms with van der Waals surface area (Å²) in [5.74, 6) is 2.51. The van der Waals surface area contributed by atoms with E-state index in [1.807, 2.05) is 0 Å². The van der Waals surface area contributed by atoms with E-state index in [1.165, 1.54) is 37.7 Å². The van der Waals surface area contributed by atoms with E-state index in [1.54, 1.807) is 11.6 Å². The standard InChI is InChI=1S/C23H32O3/c1-22-9-7-16(24)12-15(22)3-4-17-19-6-5-18(14-11-21(25)26-13-14)23(19,2)10-8-20(17)22/h6,11,15-18,20,24H,3-5,7-10,12-13H2,1-2H3/t15-,16-,17+,18-,20+,22+,23-/m1/s1. The largest absolute Gasteiger partial charge is 0.458 e. The highest BCUT2D eigenvalue weighted by atomic mass is 16.5. The van der Waals surface area contributed by atoms with Crippen molar-refractivity contribution in [2.24, 2.45) is 34.5 Å². The van der Waals surface area contributed by atoms with Crippen LogP contribution in [0.3, 0.4) is 0 Å². The van der Waals surface area contributed by atoms with Gasteiger partial charge in [0.2, 0.25) is 0 Å². The Morgan fingerprint density at radius 3 is 2.77 bits per heavy atom. The number of carbonyl (C=O) groups is 1. The first kappa shape index (κ1) is 17.0. The van der Waals surface area contributed by atoms with Gasteiger partial charge in [-0.05, 0) is 91.4 Å². The average Bonchev–Trinajstić information content (AvgIpc) is 3.18. The lowest BCUT2D eigenvalue weighted by atomic mass is 9.45. The van der Waals surface area contributed by atoms with Crippen LogP contribution >= 0.6 is 0 Å². The molecular formula is C23H32O3. The van der Waals surface area contributed by atoms with Crippen LogP contribution in [0.5, 0.6) is 0 Å². The van der Waals surface area contributed by atoms with Crippen LogP contribution in [0.1, 0.15) is 65.2 Å². The summed E-state index contributed by atoms with van der Waals surface area (Å²) in [6.45, 7) is 5.49. The van der Waals surface area contributed by atoms with E-state index in [2.05, 4.69) is 19.9 Å². The van der Waals surface area contributed by atoms with Gasteiger partial charge < -0.3 is 9.84 Å². The summed E-state index contributed by atoms with van der Waals surface area (Å²) in [6, 6.07) is 0. The highest BCUT2D eigenvalue weighted by Gasteiger charge is 2.58. The van der Waals surface area contributed by atoms with Crippen LogP contribution in [0.25, 0.3) is 0 Å². The molecule has 4 aliphatic carbocycles. The second-order valence-electron chi connectivity index (χ2n) is 10.2. The van der Waals surface area contributed by atoms with Gasteiger partial charge in [-0.3, -0.25) is 0 Å². The normalized spacial score (nSPS) is 50.3. The number of hydrogen-bond donors (Lipinski definition) is 1. The molecule has 3 fully saturated rings. The lowest BCUT2D eigenvalue weighted by molar-refractivity contribution is -0.135. The zero-order valence-corrected chi connectivity index (χ0v) is 16.2. The Labute approximate surface area is 156 Å². The number of cyclic esters (lactones) is 1. The average molecular weight is 357 g/mol. The number of fused-ring (bicyclic) bond motifs is 5. The van der Waals surface area contributed by atoms with Gasteiger partial charge in [0.25, 0.3) is 0 Å². The topological polar surface area (TPSA) is 46.5 Å². The van der Waals surface area contributed by atoms with Crippen molar-refractivity contribution < 1.29 is 14.6 Å². The number of carbonyl (C=O) groups excluding carboxylic acids is 1. The van der Waals surface area contributed by atoms with Crippen molar-refractivity contribution in [2.45, 2.75) is 71.3 Å². The zero-order chi connectivity index (χ0) is 18.1. The maximum Gasteiger partial charge on any atom is 0.331 e. The molecule has 3 nitrogen and oxygen atoms in total. The number of aliphatic hydroxyl groups is 1. The van der Waals surface area contributed by atoms with Crippen molar-refractivity contribution in [3.63, 3.8) is 0 Å². The van der Waals surface area contributed by atoms with Crippen molar-refractivity contribution >= 4 is 5.97 Å². The number of esters is 1. The first-order chi connectivity index (χ1) is 12.4. The predicted octanol–water partition coefficient (Wildman–Crippen LogP) is 4.41. The van der Waals surface area contributed by atoms with Gasteiger partial charge in [0.05, 0.1) is 6.10 Å². The van der Waals surface area contributed by atoms with Crippen molar-refractivity contribution in [1.82, 2.24) is 0 Å². The second-order valence-corrected chi connectivity index (χ2v) is 10.2. The molecule has 5 aliphatic rings. The third-order valence-corrected chi connectivity index (χ3v) is 9.17. The summed E-state index contributed by atoms with van der Waals surface area (Å²) < 4.78 is 5.23. The Kier molecular flexibility index (Phi) is 3.74. The maximum atomic E-state index is 11.6. The van der Waals surface area contributed by atoms with Crippen molar-refractivity contribution in [3.8, 4) is 0 Å². The van der Waals surface area contributed by atoms with E-state index in [0.717, 1.165) is 25.2 Å². The molecule has 3 heteroatoms. The van der Waals surface area contributed by atoms with Crippen molar-refractivity contribution in [1.29, 1.82) is 0 Å². The monoisotopic (exact) mass is 356 g/mol. The number of rotatable bonds is 1. The Balaban J connectivity index is 1.43. The molecule has 0 bridgehead atoms. The minimum atomic E-state index is -0.153. The summed E-state index contributed by atoms with van der Waals surface area (Å²) in [5.41, 5.74) is 3.56. The Morgan fingerprint density at radius 1 is 1.15 bits per heavy atom. The summed E-state index contributed by atoms with van der Waals surface area (Å²) in [6.07, 6.45) is 13.6. The van der Waals surface area contributed by atoms with Crippen LogP contribution in [-0.4, -0.2) is 23.8 Å². The second kappa shape index (κ2) is 5.70. The van der Waals surface area contributed by atoms with Gasteiger partial charge >= 0.3 is 5.97 Å². The SMILES string of the molecule is C[C@]12CC[C@@H](O)C[C@H]1CC[C@H]1C3=CC[C@H](C4=CC(=O)OC4)[C@@]3(C)CC[C@@H]12. The van der Waals surface area contributed by atoms with Crippen LogP contribution in [-0.2, 0) is 9.53 Å². The van der Waals surface area contributed by atoms with E-state index in [9.17, 15) is 9.90 Å². The minimum Gasteiger partial charge on any atom is -0.458 e. The highest BCUT2D eigenvalue weighted by molar-refractivity contribution is 5.85.